The van der Waals surface area contributed by atoms with Crippen molar-refractivity contribution in [2.24, 2.45) is 0 Å². The molecule has 0 atom stereocenters. The van der Waals surface area contributed by atoms with Crippen LogP contribution >= 0.6 is 0 Å². The molecule has 1 aromatic carbocycles. The lowest BCUT2D eigenvalue weighted by Gasteiger charge is -2.37. The predicted molar refractivity (Wildman–Crippen MR) is 107 cm³/mol. The summed E-state index contributed by atoms with van der Waals surface area (Å²) in [6.07, 6.45) is 1.54. The topological polar surface area (TPSA) is 110 Å². The molecule has 30 heavy (non-hydrogen) atoms. The van der Waals surface area contributed by atoms with E-state index in [0.717, 1.165) is 0 Å². The minimum absolute atomic E-state index is 0.0347. The van der Waals surface area contributed by atoms with Crippen molar-refractivity contribution in [1.82, 2.24) is 19.3 Å². The van der Waals surface area contributed by atoms with Gasteiger partial charge in [-0.3, -0.25) is 4.79 Å². The first-order valence-electron chi connectivity index (χ1n) is 9.71. The van der Waals surface area contributed by atoms with E-state index in [1.807, 2.05) is 0 Å². The maximum absolute atomic E-state index is 12.7. The molecule has 3 aromatic rings. The highest BCUT2D eigenvalue weighted by Gasteiger charge is 2.36. The first-order chi connectivity index (χ1) is 14.4. The van der Waals surface area contributed by atoms with Gasteiger partial charge in [0.1, 0.15) is 0 Å². The molecule has 0 saturated carbocycles. The lowest BCUT2D eigenvalue weighted by Crippen LogP contribution is -2.48. The molecule has 1 aliphatic heterocycles. The number of nitrogens with zero attached hydrogens (tertiary/aromatic N) is 4. The van der Waals surface area contributed by atoms with Crippen molar-refractivity contribution in [2.75, 3.05) is 26.2 Å². The third-order valence-electron chi connectivity index (χ3n) is 5.15. The zero-order chi connectivity index (χ0) is 21.3. The number of amides is 1. The Kier molecular flexibility index (Phi) is 5.44. The van der Waals surface area contributed by atoms with Gasteiger partial charge in [-0.25, -0.2) is 8.42 Å². The summed E-state index contributed by atoms with van der Waals surface area (Å²) in [5.74, 6) is 1.17. The van der Waals surface area contributed by atoms with Crippen LogP contribution in [-0.4, -0.2) is 59.8 Å². The van der Waals surface area contributed by atoms with Gasteiger partial charge in [-0.1, -0.05) is 19.0 Å². The van der Waals surface area contributed by atoms with Gasteiger partial charge in [0, 0.05) is 31.7 Å². The van der Waals surface area contributed by atoms with Crippen molar-refractivity contribution in [1.29, 1.82) is 0 Å². The predicted octanol–water partition coefficient (Wildman–Crippen LogP) is 2.60. The van der Waals surface area contributed by atoms with Crippen LogP contribution in [0, 0.1) is 0 Å². The standard InChI is InChI=1S/C20H22N4O5S/c1-3-24(4-2)30(26,27)16-9-7-14(8-10-16)20(25)23-12-15(13-23)19-21-18(22-29-19)17-6-5-11-28-17/h5-11,15H,3-4,12-13H2,1-2H3. The van der Waals surface area contributed by atoms with Crippen molar-refractivity contribution in [2.45, 2.75) is 24.7 Å². The first-order valence-corrected chi connectivity index (χ1v) is 11.1. The van der Waals surface area contributed by atoms with Crippen LogP contribution in [0.15, 0.2) is 56.5 Å². The van der Waals surface area contributed by atoms with Gasteiger partial charge >= 0.3 is 0 Å². The van der Waals surface area contributed by atoms with E-state index in [4.69, 9.17) is 8.94 Å². The van der Waals surface area contributed by atoms with Gasteiger partial charge in [-0.15, -0.1) is 0 Å². The maximum Gasteiger partial charge on any atom is 0.253 e. The normalized spacial score (nSPS) is 14.8. The summed E-state index contributed by atoms with van der Waals surface area (Å²) in [7, 11) is -3.54. The minimum atomic E-state index is -3.54. The van der Waals surface area contributed by atoms with E-state index in [0.29, 0.717) is 49.2 Å². The second kappa shape index (κ2) is 8.04. The molecule has 0 spiro atoms. The number of carbonyl (C=O) groups excluding carboxylic acids is 1. The zero-order valence-corrected chi connectivity index (χ0v) is 17.5. The van der Waals surface area contributed by atoms with Gasteiger partial charge in [0.05, 0.1) is 17.1 Å². The fourth-order valence-corrected chi connectivity index (χ4v) is 4.83. The Bertz CT molecular complexity index is 1110. The van der Waals surface area contributed by atoms with Crippen LogP contribution in [0.5, 0.6) is 0 Å². The number of furan rings is 1. The lowest BCUT2D eigenvalue weighted by molar-refractivity contribution is 0.0569. The van der Waals surface area contributed by atoms with Crippen LogP contribution in [0.25, 0.3) is 11.6 Å². The summed E-state index contributed by atoms with van der Waals surface area (Å²) in [6, 6.07) is 9.54. The second-order valence-corrected chi connectivity index (χ2v) is 8.89. The van der Waals surface area contributed by atoms with Crippen LogP contribution in [0.1, 0.15) is 36.0 Å². The summed E-state index contributed by atoms with van der Waals surface area (Å²) >= 11 is 0. The number of likely N-dealkylation sites (tertiary alicyclic amines) is 1. The minimum Gasteiger partial charge on any atom is -0.461 e. The van der Waals surface area contributed by atoms with E-state index in [-0.39, 0.29) is 16.7 Å². The summed E-state index contributed by atoms with van der Waals surface area (Å²) in [4.78, 5) is 18.9. The summed E-state index contributed by atoms with van der Waals surface area (Å²) in [5.41, 5.74) is 0.439. The third kappa shape index (κ3) is 3.63. The lowest BCUT2D eigenvalue weighted by atomic mass is 9.99. The van der Waals surface area contributed by atoms with Crippen molar-refractivity contribution < 1.29 is 22.2 Å². The van der Waals surface area contributed by atoms with Gasteiger partial charge < -0.3 is 13.8 Å². The van der Waals surface area contributed by atoms with Gasteiger partial charge in [-0.2, -0.15) is 9.29 Å². The van der Waals surface area contributed by atoms with Crippen LogP contribution < -0.4 is 0 Å². The van der Waals surface area contributed by atoms with Gasteiger partial charge in [0.2, 0.25) is 21.7 Å². The largest absolute Gasteiger partial charge is 0.461 e. The molecule has 0 aliphatic carbocycles. The average Bonchev–Trinajstić information content (AvgIpc) is 3.39. The summed E-state index contributed by atoms with van der Waals surface area (Å²) in [5, 5.41) is 3.91. The highest BCUT2D eigenvalue weighted by atomic mass is 32.2. The molecular weight excluding hydrogens is 408 g/mol. The van der Waals surface area contributed by atoms with Gasteiger partial charge in [0.15, 0.2) is 5.76 Å². The van der Waals surface area contributed by atoms with E-state index in [9.17, 15) is 13.2 Å². The molecule has 0 bridgehead atoms. The molecular formula is C20H22N4O5S. The molecule has 2 aromatic heterocycles. The Morgan fingerprint density at radius 2 is 1.87 bits per heavy atom. The molecule has 1 aliphatic rings. The van der Waals surface area contributed by atoms with E-state index in [1.165, 1.54) is 22.7 Å². The molecule has 158 valence electrons. The highest BCUT2D eigenvalue weighted by Crippen LogP contribution is 2.29. The highest BCUT2D eigenvalue weighted by molar-refractivity contribution is 7.89. The fraction of sp³-hybridized carbons (Fsp3) is 0.350. The van der Waals surface area contributed by atoms with Crippen LogP contribution in [-0.2, 0) is 10.0 Å². The summed E-state index contributed by atoms with van der Waals surface area (Å²) < 4.78 is 37.1. The number of benzene rings is 1. The molecule has 1 fully saturated rings. The van der Waals surface area contributed by atoms with Crippen LogP contribution in [0.4, 0.5) is 0 Å². The number of sulfonamides is 1. The van der Waals surface area contributed by atoms with Gasteiger partial charge in [0.25, 0.3) is 5.91 Å². The maximum atomic E-state index is 12.7. The van der Waals surface area contributed by atoms with Gasteiger partial charge in [-0.05, 0) is 36.4 Å². The number of aromatic nitrogens is 2. The Labute approximate surface area is 174 Å². The summed E-state index contributed by atoms with van der Waals surface area (Å²) in [6.45, 7) is 5.29. The SMILES string of the molecule is CCN(CC)S(=O)(=O)c1ccc(C(=O)N2CC(c3nc(-c4ccco4)no3)C2)cc1. The van der Waals surface area contributed by atoms with Crippen molar-refractivity contribution in [3.63, 3.8) is 0 Å². The Morgan fingerprint density at radius 1 is 1.17 bits per heavy atom. The Balaban J connectivity index is 1.39. The molecule has 0 radical (unpaired) electrons. The van der Waals surface area contributed by atoms with Crippen molar-refractivity contribution >= 4 is 15.9 Å². The molecule has 10 heteroatoms. The number of hydrogen-bond donors (Lipinski definition) is 0. The monoisotopic (exact) mass is 430 g/mol. The van der Waals surface area contributed by atoms with Crippen LogP contribution in [0.3, 0.4) is 0 Å². The third-order valence-corrected chi connectivity index (χ3v) is 7.21. The van der Waals surface area contributed by atoms with E-state index in [1.54, 1.807) is 43.0 Å². The van der Waals surface area contributed by atoms with E-state index in [2.05, 4.69) is 10.1 Å². The molecule has 3 heterocycles. The van der Waals surface area contributed by atoms with E-state index >= 15 is 0 Å². The second-order valence-electron chi connectivity index (χ2n) is 6.95. The number of rotatable bonds is 7. The van der Waals surface area contributed by atoms with Crippen molar-refractivity contribution in [3.05, 3.63) is 54.1 Å². The molecule has 0 N–H and O–H groups in total. The fourth-order valence-electron chi connectivity index (χ4n) is 3.37. The molecule has 4 rings (SSSR count). The quantitative estimate of drug-likeness (QED) is 0.567. The molecule has 9 nitrogen and oxygen atoms in total. The van der Waals surface area contributed by atoms with E-state index < -0.39 is 10.0 Å². The smallest absolute Gasteiger partial charge is 0.253 e. The molecule has 1 saturated heterocycles. The number of carbonyl (C=O) groups is 1. The first kappa shape index (κ1) is 20.3. The number of hydrogen-bond acceptors (Lipinski definition) is 7. The van der Waals surface area contributed by atoms with Crippen LogP contribution in [0.2, 0.25) is 0 Å². The van der Waals surface area contributed by atoms with Crippen molar-refractivity contribution in [3.8, 4) is 11.6 Å². The zero-order valence-electron chi connectivity index (χ0n) is 16.7. The molecule has 1 amide bonds. The Hall–Kier alpha value is -2.98. The Morgan fingerprint density at radius 3 is 2.47 bits per heavy atom. The average molecular weight is 430 g/mol. The molecule has 0 unspecified atom stereocenters.